The smallest absolute Gasteiger partial charge is 0.407 e. The zero-order valence-corrected chi connectivity index (χ0v) is 13.8. The molecule has 21 heavy (non-hydrogen) atoms. The number of carboxylic acids is 1. The van der Waals surface area contributed by atoms with Crippen LogP contribution in [0.3, 0.4) is 0 Å². The van der Waals surface area contributed by atoms with Gasteiger partial charge < -0.3 is 15.2 Å². The minimum Gasteiger partial charge on any atom is -0.481 e. The number of rotatable bonds is 6. The van der Waals surface area contributed by atoms with Crippen molar-refractivity contribution in [2.75, 3.05) is 0 Å². The van der Waals surface area contributed by atoms with Crippen molar-refractivity contribution in [3.8, 4) is 0 Å². The second kappa shape index (κ2) is 7.61. The number of hydrogen-bond acceptors (Lipinski definition) is 5. The van der Waals surface area contributed by atoms with Gasteiger partial charge in [0.15, 0.2) is 0 Å². The standard InChI is InChI=1S/C13H19ClN2O4S/c1-13(2,3)20-12(19)16-8(4-5-11(17)18)6-10-15-7-9(14)21-10/h7-8H,4-6H2,1-3H3,(H,16,19)(H,17,18). The Kier molecular flexibility index (Phi) is 6.42. The van der Waals surface area contributed by atoms with Crippen molar-refractivity contribution in [1.29, 1.82) is 0 Å². The van der Waals surface area contributed by atoms with Crippen LogP contribution in [-0.4, -0.2) is 33.8 Å². The van der Waals surface area contributed by atoms with E-state index in [-0.39, 0.29) is 12.5 Å². The summed E-state index contributed by atoms with van der Waals surface area (Å²) in [6, 6.07) is -0.363. The summed E-state index contributed by atoms with van der Waals surface area (Å²) < 4.78 is 5.73. The van der Waals surface area contributed by atoms with Gasteiger partial charge in [-0.25, -0.2) is 9.78 Å². The molecule has 1 aromatic heterocycles. The van der Waals surface area contributed by atoms with Crippen molar-refractivity contribution in [1.82, 2.24) is 10.3 Å². The van der Waals surface area contributed by atoms with Crippen LogP contribution >= 0.6 is 22.9 Å². The highest BCUT2D eigenvalue weighted by Crippen LogP contribution is 2.20. The number of aromatic nitrogens is 1. The number of amides is 1. The molecule has 2 N–H and O–H groups in total. The van der Waals surface area contributed by atoms with E-state index in [4.69, 9.17) is 21.4 Å². The molecule has 0 aliphatic heterocycles. The lowest BCUT2D eigenvalue weighted by Gasteiger charge is -2.23. The molecule has 0 saturated heterocycles. The molecule has 1 amide bonds. The third-order valence-electron chi connectivity index (χ3n) is 2.37. The third kappa shape index (κ3) is 7.87. The minimum atomic E-state index is -0.914. The number of carbonyl (C=O) groups is 2. The molecule has 0 aliphatic carbocycles. The minimum absolute atomic E-state index is 0.0421. The van der Waals surface area contributed by atoms with E-state index in [0.29, 0.717) is 17.2 Å². The molecule has 1 unspecified atom stereocenters. The number of thiazole rings is 1. The maximum atomic E-state index is 11.8. The zero-order chi connectivity index (χ0) is 16.0. The van der Waals surface area contributed by atoms with Gasteiger partial charge in [-0.15, -0.1) is 11.3 Å². The summed E-state index contributed by atoms with van der Waals surface area (Å²) in [5.41, 5.74) is -0.605. The number of alkyl carbamates (subject to hydrolysis) is 1. The number of nitrogens with zero attached hydrogens (tertiary/aromatic N) is 1. The Morgan fingerprint density at radius 3 is 2.67 bits per heavy atom. The summed E-state index contributed by atoms with van der Waals surface area (Å²) in [5, 5.41) is 12.2. The number of carboxylic acid groups (broad SMARTS) is 1. The second-order valence-electron chi connectivity index (χ2n) is 5.54. The Balaban J connectivity index is 2.63. The fourth-order valence-corrected chi connectivity index (χ4v) is 2.63. The van der Waals surface area contributed by atoms with Gasteiger partial charge in [-0.1, -0.05) is 11.6 Å². The van der Waals surface area contributed by atoms with Crippen LogP contribution in [0.1, 0.15) is 38.6 Å². The number of aliphatic carboxylic acids is 1. The summed E-state index contributed by atoms with van der Waals surface area (Å²) in [6.45, 7) is 5.29. The van der Waals surface area contributed by atoms with Crippen molar-refractivity contribution < 1.29 is 19.4 Å². The molecule has 118 valence electrons. The van der Waals surface area contributed by atoms with Crippen molar-refractivity contribution in [2.24, 2.45) is 0 Å². The van der Waals surface area contributed by atoms with E-state index >= 15 is 0 Å². The van der Waals surface area contributed by atoms with Crippen molar-refractivity contribution in [3.63, 3.8) is 0 Å². The predicted octanol–water partition coefficient (Wildman–Crippen LogP) is 3.10. The molecule has 6 nitrogen and oxygen atoms in total. The van der Waals surface area contributed by atoms with Crippen molar-refractivity contribution in [2.45, 2.75) is 51.7 Å². The van der Waals surface area contributed by atoms with Crippen LogP contribution in [0, 0.1) is 0 Å². The van der Waals surface area contributed by atoms with Gasteiger partial charge in [-0.3, -0.25) is 4.79 Å². The number of carbonyl (C=O) groups excluding carboxylic acids is 1. The van der Waals surface area contributed by atoms with Gasteiger partial charge in [0.1, 0.15) is 9.94 Å². The Bertz CT molecular complexity index is 499. The van der Waals surface area contributed by atoms with E-state index in [1.165, 1.54) is 17.5 Å². The van der Waals surface area contributed by atoms with E-state index in [1.807, 2.05) is 0 Å². The number of halogens is 1. The predicted molar refractivity (Wildman–Crippen MR) is 80.9 cm³/mol. The molecular weight excluding hydrogens is 316 g/mol. The summed E-state index contributed by atoms with van der Waals surface area (Å²) in [7, 11) is 0. The third-order valence-corrected chi connectivity index (χ3v) is 3.51. The average molecular weight is 335 g/mol. The molecule has 8 heteroatoms. The highest BCUT2D eigenvalue weighted by molar-refractivity contribution is 7.15. The summed E-state index contributed by atoms with van der Waals surface area (Å²) >= 11 is 7.12. The lowest BCUT2D eigenvalue weighted by atomic mass is 10.1. The van der Waals surface area contributed by atoms with E-state index in [0.717, 1.165) is 5.01 Å². The van der Waals surface area contributed by atoms with Gasteiger partial charge in [0, 0.05) is 18.9 Å². The highest BCUT2D eigenvalue weighted by Gasteiger charge is 2.21. The van der Waals surface area contributed by atoms with Gasteiger partial charge in [-0.05, 0) is 27.2 Å². The Morgan fingerprint density at radius 1 is 1.52 bits per heavy atom. The molecular formula is C13H19ClN2O4S. The van der Waals surface area contributed by atoms with Gasteiger partial charge >= 0.3 is 12.1 Å². The molecule has 0 bridgehead atoms. The van der Waals surface area contributed by atoms with Crippen LogP contribution in [0.4, 0.5) is 4.79 Å². The van der Waals surface area contributed by atoms with E-state index in [1.54, 1.807) is 20.8 Å². The molecule has 0 radical (unpaired) electrons. The lowest BCUT2D eigenvalue weighted by Crippen LogP contribution is -2.40. The lowest BCUT2D eigenvalue weighted by molar-refractivity contribution is -0.137. The van der Waals surface area contributed by atoms with Crippen LogP contribution < -0.4 is 5.32 Å². The maximum Gasteiger partial charge on any atom is 0.407 e. The maximum absolute atomic E-state index is 11.8. The largest absolute Gasteiger partial charge is 0.481 e. The summed E-state index contributed by atoms with van der Waals surface area (Å²) in [4.78, 5) is 26.6. The van der Waals surface area contributed by atoms with E-state index < -0.39 is 17.7 Å². The molecule has 0 saturated carbocycles. The van der Waals surface area contributed by atoms with Crippen molar-refractivity contribution >= 4 is 35.0 Å². The fourth-order valence-electron chi connectivity index (χ4n) is 1.59. The number of nitrogens with one attached hydrogen (secondary N) is 1. The molecule has 1 aromatic rings. The topological polar surface area (TPSA) is 88.5 Å². The summed E-state index contributed by atoms with van der Waals surface area (Å²) in [5.74, 6) is -0.914. The Hall–Kier alpha value is -1.34. The van der Waals surface area contributed by atoms with Gasteiger partial charge in [-0.2, -0.15) is 0 Å². The number of ether oxygens (including phenoxy) is 1. The van der Waals surface area contributed by atoms with Crippen LogP contribution in [-0.2, 0) is 16.0 Å². The van der Waals surface area contributed by atoms with Crippen LogP contribution in [0.2, 0.25) is 4.34 Å². The van der Waals surface area contributed by atoms with Gasteiger partial charge in [0.25, 0.3) is 0 Å². The van der Waals surface area contributed by atoms with Crippen LogP contribution in [0.15, 0.2) is 6.20 Å². The van der Waals surface area contributed by atoms with Crippen molar-refractivity contribution in [3.05, 3.63) is 15.5 Å². The Morgan fingerprint density at radius 2 is 2.19 bits per heavy atom. The first-order chi connectivity index (χ1) is 9.65. The Labute approximate surface area is 132 Å². The first kappa shape index (κ1) is 17.7. The molecule has 1 heterocycles. The van der Waals surface area contributed by atoms with Crippen LogP contribution in [0.25, 0.3) is 0 Å². The quantitative estimate of drug-likeness (QED) is 0.834. The van der Waals surface area contributed by atoms with Gasteiger partial charge in [0.05, 0.1) is 11.2 Å². The molecule has 0 aliphatic rings. The van der Waals surface area contributed by atoms with E-state index in [9.17, 15) is 9.59 Å². The van der Waals surface area contributed by atoms with E-state index in [2.05, 4.69) is 10.3 Å². The fraction of sp³-hybridized carbons (Fsp3) is 0.615. The monoisotopic (exact) mass is 334 g/mol. The molecule has 0 fully saturated rings. The molecule has 0 spiro atoms. The normalized spacial score (nSPS) is 12.8. The second-order valence-corrected chi connectivity index (χ2v) is 7.28. The zero-order valence-electron chi connectivity index (χ0n) is 12.2. The van der Waals surface area contributed by atoms with Gasteiger partial charge in [0.2, 0.25) is 0 Å². The first-order valence-corrected chi connectivity index (χ1v) is 7.66. The SMILES string of the molecule is CC(C)(C)OC(=O)NC(CCC(=O)O)Cc1ncc(Cl)s1. The molecule has 1 rings (SSSR count). The average Bonchev–Trinajstić information content (AvgIpc) is 2.69. The number of hydrogen-bond donors (Lipinski definition) is 2. The first-order valence-electron chi connectivity index (χ1n) is 6.47. The van der Waals surface area contributed by atoms with Crippen LogP contribution in [0.5, 0.6) is 0 Å². The molecule has 1 atom stereocenters. The highest BCUT2D eigenvalue weighted by atomic mass is 35.5. The molecule has 0 aromatic carbocycles. The summed E-state index contributed by atoms with van der Waals surface area (Å²) in [6.07, 6.45) is 1.64.